The predicted molar refractivity (Wildman–Crippen MR) is 130 cm³/mol. The lowest BCUT2D eigenvalue weighted by atomic mass is 10.1. The van der Waals surface area contributed by atoms with Gasteiger partial charge in [0.15, 0.2) is 11.8 Å². The van der Waals surface area contributed by atoms with E-state index in [0.29, 0.717) is 11.3 Å². The van der Waals surface area contributed by atoms with E-state index in [1.165, 1.54) is 23.9 Å². The second-order valence-electron chi connectivity index (χ2n) is 7.68. The number of ether oxygens (including phenoxy) is 2. The summed E-state index contributed by atoms with van der Waals surface area (Å²) >= 11 is 3.34. The van der Waals surface area contributed by atoms with E-state index in [4.69, 9.17) is 24.9 Å². The van der Waals surface area contributed by atoms with Crippen LogP contribution in [0, 0.1) is 19.3 Å². The van der Waals surface area contributed by atoms with Gasteiger partial charge in [0, 0.05) is 29.4 Å². The van der Waals surface area contributed by atoms with Gasteiger partial charge in [0.05, 0.1) is 6.61 Å². The molecule has 1 aliphatic heterocycles. The Morgan fingerprint density at radius 2 is 2.09 bits per heavy atom. The van der Waals surface area contributed by atoms with Crippen molar-refractivity contribution in [2.75, 3.05) is 20.3 Å². The van der Waals surface area contributed by atoms with Crippen molar-refractivity contribution < 1.29 is 23.1 Å². The molecule has 0 saturated carbocycles. The Bertz CT molecular complexity index is 1250. The molecule has 10 nitrogen and oxygen atoms in total. The Kier molecular flexibility index (Phi) is 8.36. The number of rotatable bonds is 10. The van der Waals surface area contributed by atoms with Gasteiger partial charge in [-0.1, -0.05) is 21.9 Å². The zero-order valence-corrected chi connectivity index (χ0v) is 21.3. The molecule has 1 aromatic heterocycles. The van der Waals surface area contributed by atoms with Crippen LogP contribution in [-0.2, 0) is 18.6 Å². The molecule has 1 aromatic carbocycles. The van der Waals surface area contributed by atoms with Crippen molar-refractivity contribution in [3.05, 3.63) is 73.5 Å². The normalized spacial score (nSPS) is 22.1. The summed E-state index contributed by atoms with van der Waals surface area (Å²) in [5, 5.41) is 2.82. The van der Waals surface area contributed by atoms with Crippen LogP contribution < -0.4 is 20.9 Å². The van der Waals surface area contributed by atoms with E-state index in [2.05, 4.69) is 31.9 Å². The fourth-order valence-corrected chi connectivity index (χ4v) is 4.94. The third-order valence-corrected chi connectivity index (χ3v) is 7.01. The minimum atomic E-state index is -3.94. The lowest BCUT2D eigenvalue weighted by Crippen LogP contribution is -2.38. The summed E-state index contributed by atoms with van der Waals surface area (Å²) < 4.78 is 38.0. The molecule has 0 fully saturated rings. The number of H-pyrrole nitrogens is 1. The summed E-state index contributed by atoms with van der Waals surface area (Å²) in [4.78, 5) is 26.1. The number of nitrogens with one attached hydrogen (secondary N) is 2. The second kappa shape index (κ2) is 10.9. The SMILES string of the molecule is C#C[C@@]1(COP(=O)(N[C@@H](C)COC)Oc2ccc(Br)cc2)C=C[C@H](n2cc(C)c(=O)[nH]c2=O)O1. The molecule has 1 aliphatic rings. The van der Waals surface area contributed by atoms with E-state index in [9.17, 15) is 14.2 Å². The Balaban J connectivity index is 1.79. The highest BCUT2D eigenvalue weighted by Crippen LogP contribution is 2.46. The number of terminal acetylenes is 1. The second-order valence-corrected chi connectivity index (χ2v) is 10.3. The Hall–Kier alpha value is -2.45. The monoisotopic (exact) mass is 553 g/mol. The number of halogens is 1. The van der Waals surface area contributed by atoms with Gasteiger partial charge in [-0.05, 0) is 50.3 Å². The van der Waals surface area contributed by atoms with Crippen LogP contribution >= 0.6 is 23.7 Å². The van der Waals surface area contributed by atoms with Crippen molar-refractivity contribution in [1.82, 2.24) is 14.6 Å². The molecular weight excluding hydrogens is 529 g/mol. The van der Waals surface area contributed by atoms with Gasteiger partial charge >= 0.3 is 13.4 Å². The van der Waals surface area contributed by atoms with Crippen LogP contribution in [0.15, 0.2) is 56.7 Å². The first kappa shape index (κ1) is 26.2. The van der Waals surface area contributed by atoms with Gasteiger partial charge in [-0.15, -0.1) is 6.42 Å². The number of benzene rings is 1. The molecule has 2 aromatic rings. The maximum atomic E-state index is 13.6. The van der Waals surface area contributed by atoms with Gasteiger partial charge in [-0.2, -0.15) is 0 Å². The van der Waals surface area contributed by atoms with Gasteiger partial charge in [-0.25, -0.2) is 14.4 Å². The van der Waals surface area contributed by atoms with Crippen LogP contribution in [0.1, 0.15) is 18.7 Å². The highest BCUT2D eigenvalue weighted by Gasteiger charge is 2.40. The molecule has 0 bridgehead atoms. The Morgan fingerprint density at radius 1 is 1.38 bits per heavy atom. The van der Waals surface area contributed by atoms with Crippen molar-refractivity contribution in [3.8, 4) is 18.1 Å². The third kappa shape index (κ3) is 6.36. The third-order valence-electron chi connectivity index (χ3n) is 4.81. The molecular formula is C22H25BrN3O7P. The first-order chi connectivity index (χ1) is 16.1. The molecule has 4 atom stereocenters. The molecule has 0 spiro atoms. The van der Waals surface area contributed by atoms with Gasteiger partial charge in [-0.3, -0.25) is 18.9 Å². The van der Waals surface area contributed by atoms with Crippen molar-refractivity contribution in [3.63, 3.8) is 0 Å². The van der Waals surface area contributed by atoms with E-state index in [-0.39, 0.29) is 19.3 Å². The van der Waals surface area contributed by atoms with Crippen molar-refractivity contribution in [2.45, 2.75) is 31.7 Å². The number of aromatic nitrogens is 2. The van der Waals surface area contributed by atoms with Crippen LogP contribution in [0.25, 0.3) is 0 Å². The van der Waals surface area contributed by atoms with Crippen LogP contribution in [0.4, 0.5) is 0 Å². The number of methoxy groups -OCH3 is 1. The van der Waals surface area contributed by atoms with Gasteiger partial charge in [0.25, 0.3) is 5.56 Å². The maximum Gasteiger partial charge on any atom is 0.459 e. The highest BCUT2D eigenvalue weighted by atomic mass is 79.9. The fourth-order valence-electron chi connectivity index (χ4n) is 3.12. The summed E-state index contributed by atoms with van der Waals surface area (Å²) in [5.41, 5.74) is -2.25. The van der Waals surface area contributed by atoms with Crippen molar-refractivity contribution >= 4 is 23.7 Å². The summed E-state index contributed by atoms with van der Waals surface area (Å²) in [6.07, 6.45) is 9.30. The maximum absolute atomic E-state index is 13.6. The molecule has 0 amide bonds. The minimum Gasteiger partial charge on any atom is -0.413 e. The number of nitrogens with zero attached hydrogens (tertiary/aromatic N) is 1. The van der Waals surface area contributed by atoms with Crippen molar-refractivity contribution in [2.24, 2.45) is 0 Å². The van der Waals surface area contributed by atoms with Crippen LogP contribution in [0.2, 0.25) is 0 Å². The zero-order chi connectivity index (χ0) is 24.9. The van der Waals surface area contributed by atoms with Crippen LogP contribution in [0.3, 0.4) is 0 Å². The number of hydrogen-bond donors (Lipinski definition) is 2. The van der Waals surface area contributed by atoms with E-state index in [0.717, 1.165) is 4.47 Å². The Labute approximate surface area is 205 Å². The summed E-state index contributed by atoms with van der Waals surface area (Å²) in [6, 6.07) is 6.36. The summed E-state index contributed by atoms with van der Waals surface area (Å²) in [6.45, 7) is 3.24. The average molecular weight is 554 g/mol. The van der Waals surface area contributed by atoms with Crippen molar-refractivity contribution in [1.29, 1.82) is 0 Å². The number of hydrogen-bond acceptors (Lipinski definition) is 7. The first-order valence-electron chi connectivity index (χ1n) is 10.2. The molecule has 0 saturated heterocycles. The van der Waals surface area contributed by atoms with E-state index in [1.807, 2.05) is 0 Å². The van der Waals surface area contributed by atoms with Crippen LogP contribution in [0.5, 0.6) is 5.75 Å². The largest absolute Gasteiger partial charge is 0.459 e. The molecule has 1 unspecified atom stereocenters. The topological polar surface area (TPSA) is 121 Å². The standard InChI is InChI=1S/C22H25BrN3O7P/c1-5-22(11-10-19(32-22)26-12-15(2)20(27)24-21(26)28)14-31-34(29,25-16(3)13-30-4)33-18-8-6-17(23)7-9-18/h1,6-12,16,19H,13-14H2,2-4H3,(H,25,29)(H,24,27,28)/t16-,19+,22-,34?/m0/s1. The lowest BCUT2D eigenvalue weighted by molar-refractivity contribution is -0.0470. The number of aromatic amines is 1. The minimum absolute atomic E-state index is 0.254. The van der Waals surface area contributed by atoms with Crippen LogP contribution in [-0.4, -0.2) is 41.5 Å². The zero-order valence-electron chi connectivity index (χ0n) is 18.8. The van der Waals surface area contributed by atoms with E-state index in [1.54, 1.807) is 44.2 Å². The van der Waals surface area contributed by atoms with E-state index < -0.39 is 30.8 Å². The van der Waals surface area contributed by atoms with Gasteiger partial charge in [0.2, 0.25) is 0 Å². The molecule has 2 N–H and O–H groups in total. The Morgan fingerprint density at radius 3 is 2.74 bits per heavy atom. The van der Waals surface area contributed by atoms with E-state index >= 15 is 0 Å². The summed E-state index contributed by atoms with van der Waals surface area (Å²) in [7, 11) is -2.42. The molecule has 34 heavy (non-hydrogen) atoms. The fraction of sp³-hybridized carbons (Fsp3) is 0.364. The predicted octanol–water partition coefficient (Wildman–Crippen LogP) is 2.89. The smallest absolute Gasteiger partial charge is 0.413 e. The van der Waals surface area contributed by atoms with Gasteiger partial charge < -0.3 is 14.0 Å². The molecule has 182 valence electrons. The molecule has 12 heteroatoms. The summed E-state index contributed by atoms with van der Waals surface area (Å²) in [5.74, 6) is 2.80. The number of aryl methyl sites for hydroxylation is 1. The molecule has 0 radical (unpaired) electrons. The molecule has 0 aliphatic carbocycles. The quantitative estimate of drug-likeness (QED) is 0.262. The molecule has 3 rings (SSSR count). The lowest BCUT2D eigenvalue weighted by Gasteiger charge is -2.28. The van der Waals surface area contributed by atoms with Gasteiger partial charge in [0.1, 0.15) is 12.4 Å². The first-order valence-corrected chi connectivity index (χ1v) is 12.6. The highest BCUT2D eigenvalue weighted by molar-refractivity contribution is 9.10. The average Bonchev–Trinajstić information content (AvgIpc) is 3.21. The molecule has 2 heterocycles.